The minimum atomic E-state index is -0.223. The van der Waals surface area contributed by atoms with E-state index in [9.17, 15) is 4.79 Å². The SMILES string of the molecule is COc1ccc2c(ccn2CCCCCCCCCOC(=O)c2ccc([N+](C)(C)C)cc2)c1.[I-]. The van der Waals surface area contributed by atoms with Gasteiger partial charge in [-0.15, -0.1) is 0 Å². The lowest BCUT2D eigenvalue weighted by atomic mass is 10.1. The van der Waals surface area contributed by atoms with E-state index in [0.29, 0.717) is 12.2 Å². The molecule has 0 fully saturated rings. The zero-order valence-electron chi connectivity index (χ0n) is 21.1. The summed E-state index contributed by atoms with van der Waals surface area (Å²) in [5, 5.41) is 1.23. The Labute approximate surface area is 221 Å². The van der Waals surface area contributed by atoms with Gasteiger partial charge >= 0.3 is 5.97 Å². The summed E-state index contributed by atoms with van der Waals surface area (Å²) in [6.45, 7) is 1.56. The van der Waals surface area contributed by atoms with Crippen LogP contribution in [0.1, 0.15) is 55.3 Å². The number of nitrogens with zero attached hydrogens (tertiary/aromatic N) is 2. The topological polar surface area (TPSA) is 40.5 Å². The second kappa shape index (κ2) is 13.7. The van der Waals surface area contributed by atoms with Gasteiger partial charge in [0.2, 0.25) is 0 Å². The van der Waals surface area contributed by atoms with Crippen molar-refractivity contribution < 1.29 is 38.2 Å². The highest BCUT2D eigenvalue weighted by Crippen LogP contribution is 2.22. The highest BCUT2D eigenvalue weighted by atomic mass is 127. The normalized spacial score (nSPS) is 11.3. The largest absolute Gasteiger partial charge is 1.00 e. The third-order valence-corrected chi connectivity index (χ3v) is 6.13. The number of hydrogen-bond donors (Lipinski definition) is 0. The maximum atomic E-state index is 12.2. The summed E-state index contributed by atoms with van der Waals surface area (Å²) in [6.07, 6.45) is 10.3. The number of rotatable bonds is 13. The summed E-state index contributed by atoms with van der Waals surface area (Å²) in [5.41, 5.74) is 3.06. The number of halogens is 1. The lowest BCUT2D eigenvalue weighted by molar-refractivity contribution is -0.0000256. The molecule has 2 aromatic carbocycles. The number of ether oxygens (including phenoxy) is 2. The molecule has 0 unspecified atom stereocenters. The molecule has 0 atom stereocenters. The number of benzene rings is 2. The predicted molar refractivity (Wildman–Crippen MR) is 137 cm³/mol. The molecule has 0 aliphatic rings. The number of aryl methyl sites for hydroxylation is 1. The van der Waals surface area contributed by atoms with E-state index in [1.165, 1.54) is 43.0 Å². The molecule has 0 aliphatic heterocycles. The minimum absolute atomic E-state index is 0. The van der Waals surface area contributed by atoms with Gasteiger partial charge in [-0.3, -0.25) is 4.48 Å². The first-order chi connectivity index (χ1) is 15.9. The van der Waals surface area contributed by atoms with E-state index < -0.39 is 0 Å². The molecule has 0 aliphatic carbocycles. The van der Waals surface area contributed by atoms with E-state index >= 15 is 0 Å². The summed E-state index contributed by atoms with van der Waals surface area (Å²) in [5.74, 6) is 0.683. The number of methoxy groups -OCH3 is 1. The van der Waals surface area contributed by atoms with E-state index in [-0.39, 0.29) is 29.9 Å². The van der Waals surface area contributed by atoms with Crippen molar-refractivity contribution in [3.05, 3.63) is 60.3 Å². The molecule has 6 heteroatoms. The molecule has 0 amide bonds. The summed E-state index contributed by atoms with van der Waals surface area (Å²) in [7, 11) is 8.02. The zero-order valence-corrected chi connectivity index (χ0v) is 23.2. The Bertz CT molecular complexity index is 1020. The molecule has 186 valence electrons. The van der Waals surface area contributed by atoms with Crippen LogP contribution in [-0.4, -0.2) is 45.4 Å². The van der Waals surface area contributed by atoms with Crippen LogP contribution >= 0.6 is 0 Å². The van der Waals surface area contributed by atoms with Gasteiger partial charge in [-0.05, 0) is 61.4 Å². The number of carbonyl (C=O) groups is 1. The van der Waals surface area contributed by atoms with Crippen LogP contribution < -0.4 is 33.2 Å². The Morgan fingerprint density at radius 2 is 1.50 bits per heavy atom. The molecule has 0 spiro atoms. The van der Waals surface area contributed by atoms with Crippen LogP contribution in [0.5, 0.6) is 5.75 Å². The van der Waals surface area contributed by atoms with Crippen molar-refractivity contribution in [2.24, 2.45) is 0 Å². The number of fused-ring (bicyclic) bond motifs is 1. The molecule has 0 bridgehead atoms. The molecule has 0 saturated heterocycles. The molecule has 34 heavy (non-hydrogen) atoms. The van der Waals surface area contributed by atoms with E-state index in [0.717, 1.165) is 35.3 Å². The van der Waals surface area contributed by atoms with E-state index in [4.69, 9.17) is 9.47 Å². The van der Waals surface area contributed by atoms with Crippen molar-refractivity contribution in [1.82, 2.24) is 9.05 Å². The highest BCUT2D eigenvalue weighted by Gasteiger charge is 2.13. The number of hydrogen-bond acceptors (Lipinski definition) is 3. The first-order valence-corrected chi connectivity index (χ1v) is 12.1. The van der Waals surface area contributed by atoms with Crippen molar-refractivity contribution in [1.29, 1.82) is 0 Å². The fourth-order valence-corrected chi connectivity index (χ4v) is 4.06. The average molecular weight is 579 g/mol. The molecular formula is C28H39IN2O3. The molecular weight excluding hydrogens is 539 g/mol. The smallest absolute Gasteiger partial charge is 0.338 e. The van der Waals surface area contributed by atoms with E-state index in [1.807, 2.05) is 30.3 Å². The molecule has 0 saturated carbocycles. The minimum Gasteiger partial charge on any atom is -1.00 e. The quantitative estimate of drug-likeness (QED) is 0.135. The monoisotopic (exact) mass is 578 g/mol. The fraction of sp³-hybridized carbons (Fsp3) is 0.464. The number of unbranched alkanes of at least 4 members (excludes halogenated alkanes) is 6. The van der Waals surface area contributed by atoms with Crippen molar-refractivity contribution in [2.45, 2.75) is 51.5 Å². The van der Waals surface area contributed by atoms with Gasteiger partial charge in [0.05, 0.1) is 40.4 Å². The van der Waals surface area contributed by atoms with Crippen LogP contribution in [0.4, 0.5) is 5.69 Å². The fourth-order valence-electron chi connectivity index (χ4n) is 4.06. The third-order valence-electron chi connectivity index (χ3n) is 6.13. The van der Waals surface area contributed by atoms with Gasteiger partial charge in [-0.1, -0.05) is 32.1 Å². The Hall–Kier alpha value is -2.06. The maximum absolute atomic E-state index is 12.2. The van der Waals surface area contributed by atoms with Crippen molar-refractivity contribution in [3.63, 3.8) is 0 Å². The number of quaternary nitrogens is 1. The Morgan fingerprint density at radius 1 is 0.853 bits per heavy atom. The van der Waals surface area contributed by atoms with Crippen LogP contribution in [-0.2, 0) is 11.3 Å². The van der Waals surface area contributed by atoms with Crippen molar-refractivity contribution in [2.75, 3.05) is 34.9 Å². The van der Waals surface area contributed by atoms with Crippen molar-refractivity contribution in [3.8, 4) is 5.75 Å². The molecule has 1 aromatic heterocycles. The van der Waals surface area contributed by atoms with Gasteiger partial charge in [0.15, 0.2) is 0 Å². The molecule has 0 N–H and O–H groups in total. The Kier molecular flexibility index (Phi) is 11.4. The number of esters is 1. The highest BCUT2D eigenvalue weighted by molar-refractivity contribution is 5.89. The Balaban J connectivity index is 0.00000408. The molecule has 3 rings (SSSR count). The summed E-state index contributed by atoms with van der Waals surface area (Å²) in [4.78, 5) is 12.2. The predicted octanol–water partition coefficient (Wildman–Crippen LogP) is 3.44. The van der Waals surface area contributed by atoms with E-state index in [2.05, 4.69) is 50.1 Å². The lowest BCUT2D eigenvalue weighted by Gasteiger charge is -2.23. The van der Waals surface area contributed by atoms with Crippen LogP contribution in [0.15, 0.2) is 54.7 Å². The van der Waals surface area contributed by atoms with Crippen molar-refractivity contribution >= 4 is 22.6 Å². The number of aromatic nitrogens is 1. The van der Waals surface area contributed by atoms with E-state index in [1.54, 1.807) is 7.11 Å². The van der Waals surface area contributed by atoms with Crippen LogP contribution in [0.3, 0.4) is 0 Å². The van der Waals surface area contributed by atoms with Gasteiger partial charge in [-0.25, -0.2) is 4.79 Å². The van der Waals surface area contributed by atoms with Gasteiger partial charge in [0.1, 0.15) is 11.4 Å². The van der Waals surface area contributed by atoms with Crippen LogP contribution in [0.2, 0.25) is 0 Å². The first kappa shape index (κ1) is 28.2. The second-order valence-corrected chi connectivity index (χ2v) is 9.60. The molecule has 5 nitrogen and oxygen atoms in total. The number of carbonyl (C=O) groups excluding carboxylic acids is 1. The van der Waals surface area contributed by atoms with Crippen LogP contribution in [0, 0.1) is 0 Å². The first-order valence-electron chi connectivity index (χ1n) is 12.1. The molecule has 0 radical (unpaired) electrons. The standard InChI is InChI=1S/C28H39N2O3.HI/c1-30(2,3)25-14-12-23(13-15-25)28(31)33-21-11-9-7-5-6-8-10-19-29-20-18-24-22-26(32-4)16-17-27(24)29;/h12-18,20,22H,5-11,19,21H2,1-4H3;1H/q+1;/p-1. The van der Waals surface area contributed by atoms with Gasteiger partial charge < -0.3 is 38.0 Å². The zero-order chi connectivity index (χ0) is 23.7. The lowest BCUT2D eigenvalue weighted by Crippen LogP contribution is -3.00. The van der Waals surface area contributed by atoms with Gasteiger partial charge in [0, 0.05) is 23.6 Å². The molecule has 1 heterocycles. The summed E-state index contributed by atoms with van der Waals surface area (Å²) < 4.78 is 13.8. The van der Waals surface area contributed by atoms with Gasteiger partial charge in [0.25, 0.3) is 0 Å². The van der Waals surface area contributed by atoms with Crippen LogP contribution in [0.25, 0.3) is 10.9 Å². The average Bonchev–Trinajstić information content (AvgIpc) is 3.21. The molecule has 3 aromatic rings. The maximum Gasteiger partial charge on any atom is 0.338 e. The Morgan fingerprint density at radius 3 is 2.15 bits per heavy atom. The second-order valence-electron chi connectivity index (χ2n) is 9.60. The summed E-state index contributed by atoms with van der Waals surface area (Å²) in [6, 6.07) is 16.1. The summed E-state index contributed by atoms with van der Waals surface area (Å²) >= 11 is 0. The van der Waals surface area contributed by atoms with Gasteiger partial charge in [-0.2, -0.15) is 0 Å². The third kappa shape index (κ3) is 8.31.